The number of carbonyl (C=O) groups excluding carboxylic acids is 1. The minimum Gasteiger partial charge on any atom is -0.325 e. The maximum atomic E-state index is 12.0. The topological polar surface area (TPSA) is 104 Å². The fourth-order valence-electron chi connectivity index (χ4n) is 1.88. The summed E-state index contributed by atoms with van der Waals surface area (Å²) in [4.78, 5) is 23.6. The summed E-state index contributed by atoms with van der Waals surface area (Å²) in [5, 5.41) is 18.3. The Morgan fingerprint density at radius 1 is 1.43 bits per heavy atom. The van der Waals surface area contributed by atoms with Crippen molar-refractivity contribution >= 4 is 23.4 Å². The van der Waals surface area contributed by atoms with Crippen LogP contribution in [0.4, 0.5) is 5.69 Å². The van der Waals surface area contributed by atoms with Gasteiger partial charge >= 0.3 is 5.69 Å². The number of rotatable bonds is 7. The number of unbranched alkanes of at least 4 members (excludes halogenated alkanes) is 1. The average molecular weight is 331 g/mol. The minimum atomic E-state index is -0.256. The molecule has 0 aliphatic carbocycles. The molecule has 1 aromatic heterocycles. The molecule has 23 heavy (non-hydrogen) atoms. The molecule has 2 aromatic rings. The van der Waals surface area contributed by atoms with E-state index in [0.29, 0.717) is 23.0 Å². The SMILES string of the molecule is CCCCn1c(SCC(=O)Nc2ccc(C#N)cc2)n[nH]c1=O. The van der Waals surface area contributed by atoms with Gasteiger partial charge < -0.3 is 5.32 Å². The lowest BCUT2D eigenvalue weighted by Gasteiger charge is -2.06. The van der Waals surface area contributed by atoms with Gasteiger partial charge in [-0.2, -0.15) is 5.26 Å². The van der Waals surface area contributed by atoms with Gasteiger partial charge in [0.2, 0.25) is 5.91 Å². The van der Waals surface area contributed by atoms with E-state index in [0.717, 1.165) is 12.8 Å². The molecule has 1 amide bonds. The zero-order chi connectivity index (χ0) is 16.7. The highest BCUT2D eigenvalue weighted by Crippen LogP contribution is 2.15. The van der Waals surface area contributed by atoms with Gasteiger partial charge in [-0.15, -0.1) is 5.10 Å². The van der Waals surface area contributed by atoms with Crippen LogP contribution in [-0.2, 0) is 11.3 Å². The van der Waals surface area contributed by atoms with Gasteiger partial charge in [0.1, 0.15) is 0 Å². The lowest BCUT2D eigenvalue weighted by Crippen LogP contribution is -2.19. The van der Waals surface area contributed by atoms with Crippen molar-refractivity contribution < 1.29 is 4.79 Å². The monoisotopic (exact) mass is 331 g/mol. The molecule has 0 saturated heterocycles. The molecule has 0 saturated carbocycles. The molecule has 0 aliphatic heterocycles. The van der Waals surface area contributed by atoms with Gasteiger partial charge in [0.05, 0.1) is 17.4 Å². The molecule has 0 spiro atoms. The first-order valence-electron chi connectivity index (χ1n) is 7.22. The highest BCUT2D eigenvalue weighted by molar-refractivity contribution is 7.99. The lowest BCUT2D eigenvalue weighted by atomic mass is 10.2. The number of nitrogens with zero attached hydrogens (tertiary/aromatic N) is 3. The first-order chi connectivity index (χ1) is 11.1. The summed E-state index contributed by atoms with van der Waals surface area (Å²) in [5.41, 5.74) is 0.905. The molecular formula is C15H17N5O2S. The molecule has 0 bridgehead atoms. The van der Waals surface area contributed by atoms with E-state index in [1.54, 1.807) is 28.8 Å². The van der Waals surface area contributed by atoms with Crippen LogP contribution in [0.2, 0.25) is 0 Å². The zero-order valence-electron chi connectivity index (χ0n) is 12.7. The van der Waals surface area contributed by atoms with E-state index in [1.165, 1.54) is 11.8 Å². The summed E-state index contributed by atoms with van der Waals surface area (Å²) in [6.07, 6.45) is 1.85. The summed E-state index contributed by atoms with van der Waals surface area (Å²) in [6, 6.07) is 8.64. The number of nitrogens with one attached hydrogen (secondary N) is 2. The van der Waals surface area contributed by atoms with Crippen molar-refractivity contribution in [2.24, 2.45) is 0 Å². The number of thioether (sulfide) groups is 1. The Labute approximate surface area is 137 Å². The van der Waals surface area contributed by atoms with Gasteiger partial charge in [0.25, 0.3) is 0 Å². The lowest BCUT2D eigenvalue weighted by molar-refractivity contribution is -0.113. The predicted molar refractivity (Wildman–Crippen MR) is 88.3 cm³/mol. The fourth-order valence-corrected chi connectivity index (χ4v) is 2.65. The molecule has 7 nitrogen and oxygen atoms in total. The van der Waals surface area contributed by atoms with Gasteiger partial charge in [0, 0.05) is 12.2 Å². The van der Waals surface area contributed by atoms with E-state index < -0.39 is 0 Å². The molecule has 0 fully saturated rings. The maximum Gasteiger partial charge on any atom is 0.343 e. The van der Waals surface area contributed by atoms with Crippen LogP contribution in [0, 0.1) is 11.3 Å². The second kappa shape index (κ2) is 8.19. The van der Waals surface area contributed by atoms with Crippen LogP contribution < -0.4 is 11.0 Å². The van der Waals surface area contributed by atoms with Crippen LogP contribution in [0.5, 0.6) is 0 Å². The molecule has 0 unspecified atom stereocenters. The first kappa shape index (κ1) is 16.8. The van der Waals surface area contributed by atoms with E-state index in [1.807, 2.05) is 13.0 Å². The highest BCUT2D eigenvalue weighted by atomic mass is 32.2. The molecule has 0 atom stereocenters. The normalized spacial score (nSPS) is 10.3. The van der Waals surface area contributed by atoms with Crippen molar-refractivity contribution in [3.63, 3.8) is 0 Å². The first-order valence-corrected chi connectivity index (χ1v) is 8.20. The highest BCUT2D eigenvalue weighted by Gasteiger charge is 2.11. The molecule has 8 heteroatoms. The quantitative estimate of drug-likeness (QED) is 0.755. The van der Waals surface area contributed by atoms with Gasteiger partial charge in [-0.3, -0.25) is 9.36 Å². The minimum absolute atomic E-state index is 0.149. The molecular weight excluding hydrogens is 314 g/mol. The summed E-state index contributed by atoms with van der Waals surface area (Å²) in [7, 11) is 0. The standard InChI is InChI=1S/C15H17N5O2S/c1-2-3-8-20-14(22)18-19-15(20)23-10-13(21)17-12-6-4-11(9-16)5-7-12/h4-7H,2-3,8,10H2,1H3,(H,17,21)(H,18,22). The number of amides is 1. The van der Waals surface area contributed by atoms with E-state index in [2.05, 4.69) is 15.5 Å². The molecule has 0 aliphatic rings. The van der Waals surface area contributed by atoms with Crippen LogP contribution in [0.15, 0.2) is 34.2 Å². The van der Waals surface area contributed by atoms with Gasteiger partial charge in [-0.1, -0.05) is 25.1 Å². The van der Waals surface area contributed by atoms with Crippen LogP contribution in [0.3, 0.4) is 0 Å². The summed E-state index contributed by atoms with van der Waals surface area (Å²) in [5.74, 6) is -0.0478. The van der Waals surface area contributed by atoms with Crippen LogP contribution in [0.1, 0.15) is 25.3 Å². The Hall–Kier alpha value is -2.53. The zero-order valence-corrected chi connectivity index (χ0v) is 13.5. The number of hydrogen-bond donors (Lipinski definition) is 2. The van der Waals surface area contributed by atoms with Crippen molar-refractivity contribution in [3.05, 3.63) is 40.3 Å². The Morgan fingerprint density at radius 2 is 2.17 bits per heavy atom. The number of H-pyrrole nitrogens is 1. The number of benzene rings is 1. The van der Waals surface area contributed by atoms with Crippen LogP contribution >= 0.6 is 11.8 Å². The third-order valence-electron chi connectivity index (χ3n) is 3.09. The Balaban J connectivity index is 1.91. The largest absolute Gasteiger partial charge is 0.343 e. The maximum absolute atomic E-state index is 12.0. The number of aromatic amines is 1. The number of carbonyl (C=O) groups is 1. The van der Waals surface area contributed by atoms with Crippen molar-refractivity contribution in [1.82, 2.24) is 14.8 Å². The molecule has 120 valence electrons. The molecule has 0 radical (unpaired) electrons. The molecule has 1 aromatic carbocycles. The fraction of sp³-hybridized carbons (Fsp3) is 0.333. The smallest absolute Gasteiger partial charge is 0.325 e. The van der Waals surface area contributed by atoms with Crippen LogP contribution in [0.25, 0.3) is 0 Å². The van der Waals surface area contributed by atoms with Crippen molar-refractivity contribution in [3.8, 4) is 6.07 Å². The van der Waals surface area contributed by atoms with E-state index in [4.69, 9.17) is 5.26 Å². The number of hydrogen-bond acceptors (Lipinski definition) is 5. The molecule has 2 N–H and O–H groups in total. The summed E-state index contributed by atoms with van der Waals surface area (Å²) >= 11 is 1.21. The second-order valence-corrected chi connectivity index (χ2v) is 5.79. The van der Waals surface area contributed by atoms with Gasteiger partial charge in [0.15, 0.2) is 5.16 Å². The Kier molecular flexibility index (Phi) is 6.00. The van der Waals surface area contributed by atoms with Gasteiger partial charge in [-0.25, -0.2) is 9.89 Å². The third-order valence-corrected chi connectivity index (χ3v) is 4.07. The summed E-state index contributed by atoms with van der Waals surface area (Å²) in [6.45, 7) is 2.63. The predicted octanol–water partition coefficient (Wildman–Crippen LogP) is 1.97. The molecule has 2 rings (SSSR count). The average Bonchev–Trinajstić information content (AvgIpc) is 2.91. The van der Waals surface area contributed by atoms with Crippen LogP contribution in [-0.4, -0.2) is 26.4 Å². The van der Waals surface area contributed by atoms with E-state index in [9.17, 15) is 9.59 Å². The number of nitriles is 1. The number of anilines is 1. The molecule has 1 heterocycles. The van der Waals surface area contributed by atoms with Crippen molar-refractivity contribution in [2.75, 3.05) is 11.1 Å². The second-order valence-electron chi connectivity index (χ2n) is 4.84. The van der Waals surface area contributed by atoms with E-state index in [-0.39, 0.29) is 17.3 Å². The van der Waals surface area contributed by atoms with Crippen molar-refractivity contribution in [2.45, 2.75) is 31.5 Å². The number of aromatic nitrogens is 3. The Morgan fingerprint density at radius 3 is 2.83 bits per heavy atom. The Bertz CT molecular complexity index is 757. The van der Waals surface area contributed by atoms with Crippen molar-refractivity contribution in [1.29, 1.82) is 5.26 Å². The van der Waals surface area contributed by atoms with E-state index >= 15 is 0 Å². The third kappa shape index (κ3) is 4.72. The summed E-state index contributed by atoms with van der Waals surface area (Å²) < 4.78 is 1.54. The van der Waals surface area contributed by atoms with Gasteiger partial charge in [-0.05, 0) is 30.7 Å².